The summed E-state index contributed by atoms with van der Waals surface area (Å²) in [5.41, 5.74) is 3.19. The van der Waals surface area contributed by atoms with E-state index in [4.69, 9.17) is 4.99 Å². The molecule has 0 aromatic heterocycles. The molecule has 0 aliphatic heterocycles. The number of halogens is 1. The van der Waals surface area contributed by atoms with E-state index in [1.165, 1.54) is 17.7 Å². The lowest BCUT2D eigenvalue weighted by molar-refractivity contribution is 0.627. The third-order valence-electron chi connectivity index (χ3n) is 3.14. The summed E-state index contributed by atoms with van der Waals surface area (Å²) in [6.07, 6.45) is 0.836. The molecule has 0 saturated heterocycles. The molecule has 0 saturated carbocycles. The Bertz CT molecular complexity index is 543. The summed E-state index contributed by atoms with van der Waals surface area (Å²) in [5.74, 6) is -0.213. The third-order valence-corrected chi connectivity index (χ3v) is 3.14. The van der Waals surface area contributed by atoms with Crippen LogP contribution in [-0.4, -0.2) is 5.71 Å². The van der Waals surface area contributed by atoms with E-state index in [1.807, 2.05) is 18.2 Å². The molecule has 0 aliphatic rings. The molecule has 0 aliphatic carbocycles. The second-order valence-electron chi connectivity index (χ2n) is 4.52. The zero-order valence-electron chi connectivity index (χ0n) is 11.3. The second-order valence-corrected chi connectivity index (χ2v) is 4.52. The Hall–Kier alpha value is -1.96. The van der Waals surface area contributed by atoms with Crippen molar-refractivity contribution in [2.45, 2.75) is 26.3 Å². The molecule has 2 aromatic carbocycles. The number of benzene rings is 2. The van der Waals surface area contributed by atoms with Gasteiger partial charge >= 0.3 is 0 Å². The van der Waals surface area contributed by atoms with Gasteiger partial charge in [0.15, 0.2) is 0 Å². The van der Waals surface area contributed by atoms with Crippen LogP contribution < -0.4 is 0 Å². The zero-order chi connectivity index (χ0) is 13.7. The van der Waals surface area contributed by atoms with Crippen LogP contribution in [0, 0.1) is 5.82 Å². The molecular weight excluding hydrogens is 237 g/mol. The molecule has 0 fully saturated rings. The Kier molecular flexibility index (Phi) is 4.45. The maximum absolute atomic E-state index is 12.9. The van der Waals surface area contributed by atoms with Crippen LogP contribution in [0.25, 0.3) is 0 Å². The van der Waals surface area contributed by atoms with Gasteiger partial charge in [0.1, 0.15) is 5.82 Å². The summed E-state index contributed by atoms with van der Waals surface area (Å²) in [6.45, 7) is 4.15. The minimum absolute atomic E-state index is 0.112. The molecule has 0 amide bonds. The van der Waals surface area contributed by atoms with Crippen LogP contribution in [0.1, 0.15) is 37.4 Å². The Morgan fingerprint density at radius 3 is 2.26 bits per heavy atom. The van der Waals surface area contributed by atoms with Crippen LogP contribution in [-0.2, 0) is 0 Å². The van der Waals surface area contributed by atoms with Gasteiger partial charge in [-0.1, -0.05) is 49.4 Å². The number of hydrogen-bond donors (Lipinski definition) is 0. The van der Waals surface area contributed by atoms with E-state index in [1.54, 1.807) is 12.1 Å². The van der Waals surface area contributed by atoms with Gasteiger partial charge in [-0.25, -0.2) is 4.39 Å². The van der Waals surface area contributed by atoms with Crippen molar-refractivity contribution in [3.63, 3.8) is 0 Å². The van der Waals surface area contributed by atoms with E-state index in [2.05, 4.69) is 26.0 Å². The maximum atomic E-state index is 12.9. The summed E-state index contributed by atoms with van der Waals surface area (Å²) in [7, 11) is 0. The first-order chi connectivity index (χ1) is 9.20. The Morgan fingerprint density at radius 2 is 1.68 bits per heavy atom. The highest BCUT2D eigenvalue weighted by atomic mass is 19.1. The molecule has 0 radical (unpaired) electrons. The highest BCUT2D eigenvalue weighted by Gasteiger charge is 2.06. The van der Waals surface area contributed by atoms with Crippen molar-refractivity contribution in [2.75, 3.05) is 0 Å². The molecule has 2 rings (SSSR count). The highest BCUT2D eigenvalue weighted by molar-refractivity contribution is 6.00. The topological polar surface area (TPSA) is 12.4 Å². The predicted molar refractivity (Wildman–Crippen MR) is 78.1 cm³/mol. The lowest BCUT2D eigenvalue weighted by Gasteiger charge is -2.11. The van der Waals surface area contributed by atoms with Crippen LogP contribution >= 0.6 is 0 Å². The van der Waals surface area contributed by atoms with Gasteiger partial charge in [-0.2, -0.15) is 0 Å². The molecule has 0 spiro atoms. The van der Waals surface area contributed by atoms with Gasteiger partial charge in [0, 0.05) is 5.71 Å². The van der Waals surface area contributed by atoms with E-state index in [9.17, 15) is 4.39 Å². The SMILES string of the molecule is CCC(=NC(C)c1ccccc1)c1ccc(F)cc1. The molecule has 0 heterocycles. The van der Waals surface area contributed by atoms with Gasteiger partial charge in [-0.3, -0.25) is 4.99 Å². The number of aliphatic imine (C=N–C) groups is 1. The zero-order valence-corrected chi connectivity index (χ0v) is 11.3. The van der Waals surface area contributed by atoms with Gasteiger partial charge in [-0.15, -0.1) is 0 Å². The first-order valence-corrected chi connectivity index (χ1v) is 6.58. The summed E-state index contributed by atoms with van der Waals surface area (Å²) in [5, 5.41) is 0. The summed E-state index contributed by atoms with van der Waals surface area (Å²) >= 11 is 0. The van der Waals surface area contributed by atoms with Crippen LogP contribution in [0.3, 0.4) is 0 Å². The average Bonchev–Trinajstić information content (AvgIpc) is 2.46. The fourth-order valence-electron chi connectivity index (χ4n) is 2.05. The fraction of sp³-hybridized carbons (Fsp3) is 0.235. The van der Waals surface area contributed by atoms with Crippen molar-refractivity contribution >= 4 is 5.71 Å². The quantitative estimate of drug-likeness (QED) is 0.697. The Morgan fingerprint density at radius 1 is 1.05 bits per heavy atom. The van der Waals surface area contributed by atoms with Gasteiger partial charge in [-0.05, 0) is 36.6 Å². The molecule has 2 aromatic rings. The van der Waals surface area contributed by atoms with Crippen molar-refractivity contribution < 1.29 is 4.39 Å². The molecule has 1 nitrogen and oxygen atoms in total. The molecule has 19 heavy (non-hydrogen) atoms. The van der Waals surface area contributed by atoms with Gasteiger partial charge < -0.3 is 0 Å². The van der Waals surface area contributed by atoms with E-state index < -0.39 is 0 Å². The average molecular weight is 255 g/mol. The summed E-state index contributed by atoms with van der Waals surface area (Å²) in [6, 6.07) is 16.8. The molecule has 1 atom stereocenters. The summed E-state index contributed by atoms with van der Waals surface area (Å²) < 4.78 is 12.9. The Labute approximate surface area is 113 Å². The Balaban J connectivity index is 2.26. The minimum Gasteiger partial charge on any atom is -0.281 e. The molecular formula is C17H18FN. The van der Waals surface area contributed by atoms with Crippen molar-refractivity contribution in [2.24, 2.45) is 4.99 Å². The molecule has 0 bridgehead atoms. The molecule has 98 valence electrons. The van der Waals surface area contributed by atoms with Gasteiger partial charge in [0.2, 0.25) is 0 Å². The number of nitrogens with zero attached hydrogens (tertiary/aromatic N) is 1. The standard InChI is InChI=1S/C17H18FN/c1-3-17(15-9-11-16(18)12-10-15)19-13(2)14-7-5-4-6-8-14/h4-13H,3H2,1-2H3. The smallest absolute Gasteiger partial charge is 0.123 e. The van der Waals surface area contributed by atoms with E-state index in [0.717, 1.165) is 17.7 Å². The largest absolute Gasteiger partial charge is 0.281 e. The normalized spacial score (nSPS) is 13.3. The monoisotopic (exact) mass is 255 g/mol. The molecule has 1 unspecified atom stereocenters. The summed E-state index contributed by atoms with van der Waals surface area (Å²) in [4.78, 5) is 4.76. The molecule has 2 heteroatoms. The van der Waals surface area contributed by atoms with Crippen LogP contribution in [0.4, 0.5) is 4.39 Å². The maximum Gasteiger partial charge on any atom is 0.123 e. The lowest BCUT2D eigenvalue weighted by atomic mass is 10.1. The third kappa shape index (κ3) is 3.50. The van der Waals surface area contributed by atoms with Crippen LogP contribution in [0.2, 0.25) is 0 Å². The van der Waals surface area contributed by atoms with Gasteiger partial charge in [0.05, 0.1) is 6.04 Å². The predicted octanol–water partition coefficient (Wildman–Crippen LogP) is 4.79. The van der Waals surface area contributed by atoms with Crippen molar-refractivity contribution in [1.29, 1.82) is 0 Å². The van der Waals surface area contributed by atoms with Gasteiger partial charge in [0.25, 0.3) is 0 Å². The highest BCUT2D eigenvalue weighted by Crippen LogP contribution is 2.18. The van der Waals surface area contributed by atoms with Crippen molar-refractivity contribution in [3.05, 3.63) is 71.5 Å². The fourth-order valence-corrected chi connectivity index (χ4v) is 2.05. The van der Waals surface area contributed by atoms with E-state index in [-0.39, 0.29) is 11.9 Å². The first-order valence-electron chi connectivity index (χ1n) is 6.58. The number of rotatable bonds is 4. The number of hydrogen-bond acceptors (Lipinski definition) is 1. The minimum atomic E-state index is -0.213. The van der Waals surface area contributed by atoms with Crippen LogP contribution in [0.5, 0.6) is 0 Å². The van der Waals surface area contributed by atoms with Crippen molar-refractivity contribution in [3.8, 4) is 0 Å². The van der Waals surface area contributed by atoms with Crippen LogP contribution in [0.15, 0.2) is 59.6 Å². The second kappa shape index (κ2) is 6.28. The van der Waals surface area contributed by atoms with E-state index >= 15 is 0 Å². The lowest BCUT2D eigenvalue weighted by Crippen LogP contribution is -2.02. The van der Waals surface area contributed by atoms with E-state index in [0.29, 0.717) is 0 Å². The van der Waals surface area contributed by atoms with Crippen molar-refractivity contribution in [1.82, 2.24) is 0 Å². The first kappa shape index (κ1) is 13.5. The molecule has 0 N–H and O–H groups in total.